The van der Waals surface area contributed by atoms with Gasteiger partial charge in [-0.25, -0.2) is 0 Å². The highest BCUT2D eigenvalue weighted by molar-refractivity contribution is 7.86. The fraction of sp³-hybridized carbons (Fsp3) is 0.600. The predicted molar refractivity (Wildman–Crippen MR) is 75.4 cm³/mol. The topological polar surface area (TPSA) is 43.4 Å². The summed E-state index contributed by atoms with van der Waals surface area (Å²) >= 11 is 0. The minimum atomic E-state index is -3.59. The van der Waals surface area contributed by atoms with Gasteiger partial charge in [0.05, 0.1) is 11.5 Å². The van der Waals surface area contributed by atoms with Crippen LogP contribution in [-0.4, -0.2) is 15.0 Å². The second-order valence-electron chi connectivity index (χ2n) is 5.69. The molecule has 0 spiro atoms. The normalized spacial score (nSPS) is 24.3. The van der Waals surface area contributed by atoms with Crippen LogP contribution in [0.4, 0.5) is 0 Å². The van der Waals surface area contributed by atoms with Crippen molar-refractivity contribution in [2.24, 2.45) is 11.8 Å². The second-order valence-corrected chi connectivity index (χ2v) is 7.30. The maximum absolute atomic E-state index is 12.0. The van der Waals surface area contributed by atoms with Gasteiger partial charge in [0.1, 0.15) is 0 Å². The summed E-state index contributed by atoms with van der Waals surface area (Å²) < 4.78 is 29.3. The summed E-state index contributed by atoms with van der Waals surface area (Å²) in [6, 6.07) is 6.79. The number of hydrogen-bond acceptors (Lipinski definition) is 3. The van der Waals surface area contributed by atoms with Crippen LogP contribution in [0.3, 0.4) is 0 Å². The molecule has 1 aliphatic rings. The maximum atomic E-state index is 12.0. The van der Waals surface area contributed by atoms with Gasteiger partial charge in [-0.2, -0.15) is 8.42 Å². The SMILES string of the molecule is Cc1ccc(S(=O)(=O)OC[C@@H]2CCC[C@H](C)C2)cc1. The van der Waals surface area contributed by atoms with E-state index in [2.05, 4.69) is 6.92 Å². The Morgan fingerprint density at radius 1 is 1.21 bits per heavy atom. The first-order chi connectivity index (χ1) is 8.97. The lowest BCUT2D eigenvalue weighted by molar-refractivity contribution is 0.186. The Balaban J connectivity index is 1.96. The van der Waals surface area contributed by atoms with Crippen molar-refractivity contribution in [3.63, 3.8) is 0 Å². The lowest BCUT2D eigenvalue weighted by Gasteiger charge is -2.26. The summed E-state index contributed by atoms with van der Waals surface area (Å²) in [5.74, 6) is 1.06. The summed E-state index contributed by atoms with van der Waals surface area (Å²) in [5, 5.41) is 0. The molecule has 0 aliphatic heterocycles. The van der Waals surface area contributed by atoms with E-state index in [1.807, 2.05) is 6.92 Å². The van der Waals surface area contributed by atoms with E-state index >= 15 is 0 Å². The highest BCUT2D eigenvalue weighted by Gasteiger charge is 2.22. The Kier molecular flexibility index (Phi) is 4.63. The summed E-state index contributed by atoms with van der Waals surface area (Å²) in [4.78, 5) is 0.252. The van der Waals surface area contributed by atoms with Gasteiger partial charge >= 0.3 is 0 Å². The van der Waals surface area contributed by atoms with Gasteiger partial charge in [-0.1, -0.05) is 37.5 Å². The number of rotatable bonds is 4. The zero-order chi connectivity index (χ0) is 13.9. The monoisotopic (exact) mass is 282 g/mol. The van der Waals surface area contributed by atoms with Crippen molar-refractivity contribution in [3.8, 4) is 0 Å². The first-order valence-electron chi connectivity index (χ1n) is 6.93. The number of benzene rings is 1. The van der Waals surface area contributed by atoms with E-state index in [1.54, 1.807) is 24.3 Å². The van der Waals surface area contributed by atoms with E-state index in [-0.39, 0.29) is 4.90 Å². The van der Waals surface area contributed by atoms with Crippen molar-refractivity contribution in [2.45, 2.75) is 44.4 Å². The molecule has 0 N–H and O–H groups in total. The molecule has 1 saturated carbocycles. The Morgan fingerprint density at radius 2 is 1.89 bits per heavy atom. The predicted octanol–water partition coefficient (Wildman–Crippen LogP) is 3.53. The molecule has 2 rings (SSSR count). The molecular weight excluding hydrogens is 260 g/mol. The highest BCUT2D eigenvalue weighted by Crippen LogP contribution is 2.29. The van der Waals surface area contributed by atoms with Crippen LogP contribution in [0.2, 0.25) is 0 Å². The van der Waals surface area contributed by atoms with Gasteiger partial charge in [0.2, 0.25) is 0 Å². The van der Waals surface area contributed by atoms with Crippen molar-refractivity contribution < 1.29 is 12.6 Å². The highest BCUT2D eigenvalue weighted by atomic mass is 32.2. The van der Waals surface area contributed by atoms with Gasteiger partial charge in [-0.15, -0.1) is 0 Å². The van der Waals surface area contributed by atoms with Crippen LogP contribution in [0.25, 0.3) is 0 Å². The van der Waals surface area contributed by atoms with Crippen LogP contribution in [0, 0.1) is 18.8 Å². The summed E-state index contributed by atoms with van der Waals surface area (Å²) in [6.07, 6.45) is 4.58. The van der Waals surface area contributed by atoms with Crippen molar-refractivity contribution in [2.75, 3.05) is 6.61 Å². The fourth-order valence-corrected chi connectivity index (χ4v) is 3.65. The van der Waals surface area contributed by atoms with Crippen LogP contribution in [0.5, 0.6) is 0 Å². The van der Waals surface area contributed by atoms with Crippen LogP contribution in [0.1, 0.15) is 38.2 Å². The van der Waals surface area contributed by atoms with Crippen LogP contribution in [-0.2, 0) is 14.3 Å². The average molecular weight is 282 g/mol. The average Bonchev–Trinajstić information content (AvgIpc) is 2.37. The Bertz CT molecular complexity index is 505. The van der Waals surface area contributed by atoms with Crippen molar-refractivity contribution in [3.05, 3.63) is 29.8 Å². The van der Waals surface area contributed by atoms with Gasteiger partial charge in [0.25, 0.3) is 10.1 Å². The van der Waals surface area contributed by atoms with E-state index in [0.717, 1.165) is 18.4 Å². The molecule has 4 heteroatoms. The van der Waals surface area contributed by atoms with E-state index in [4.69, 9.17) is 4.18 Å². The number of aryl methyl sites for hydroxylation is 1. The van der Waals surface area contributed by atoms with Gasteiger partial charge in [0.15, 0.2) is 0 Å². The Hall–Kier alpha value is -0.870. The summed E-state index contributed by atoms with van der Waals surface area (Å²) in [7, 11) is -3.59. The van der Waals surface area contributed by atoms with E-state index in [9.17, 15) is 8.42 Å². The van der Waals surface area contributed by atoms with Gasteiger partial charge in [-0.05, 0) is 43.7 Å². The molecule has 2 atom stereocenters. The standard InChI is InChI=1S/C15H22O3S/c1-12-6-8-15(9-7-12)19(16,17)18-11-14-5-3-4-13(2)10-14/h6-9,13-14H,3-5,10-11H2,1-2H3/t13-,14+/m0/s1. The Labute approximate surface area is 116 Å². The minimum absolute atomic E-state index is 0.252. The number of hydrogen-bond donors (Lipinski definition) is 0. The molecule has 19 heavy (non-hydrogen) atoms. The van der Waals surface area contributed by atoms with E-state index in [1.165, 1.54) is 12.8 Å². The molecular formula is C15H22O3S. The molecule has 0 bridgehead atoms. The largest absolute Gasteiger partial charge is 0.296 e. The smallest absolute Gasteiger partial charge is 0.266 e. The summed E-state index contributed by atoms with van der Waals surface area (Å²) in [5.41, 5.74) is 1.04. The lowest BCUT2D eigenvalue weighted by Crippen LogP contribution is -2.20. The van der Waals surface area contributed by atoms with E-state index in [0.29, 0.717) is 18.4 Å². The zero-order valence-corrected chi connectivity index (χ0v) is 12.4. The first kappa shape index (κ1) is 14.5. The first-order valence-corrected chi connectivity index (χ1v) is 8.34. The molecule has 1 fully saturated rings. The van der Waals surface area contributed by atoms with Crippen LogP contribution >= 0.6 is 0 Å². The van der Waals surface area contributed by atoms with E-state index < -0.39 is 10.1 Å². The van der Waals surface area contributed by atoms with Crippen molar-refractivity contribution in [1.29, 1.82) is 0 Å². The van der Waals surface area contributed by atoms with Crippen LogP contribution < -0.4 is 0 Å². The molecule has 3 nitrogen and oxygen atoms in total. The molecule has 0 heterocycles. The Morgan fingerprint density at radius 3 is 2.53 bits per heavy atom. The molecule has 0 radical (unpaired) electrons. The molecule has 1 aliphatic carbocycles. The van der Waals surface area contributed by atoms with Crippen molar-refractivity contribution >= 4 is 10.1 Å². The van der Waals surface area contributed by atoms with Gasteiger partial charge in [0, 0.05) is 0 Å². The third-order valence-corrected chi connectivity index (χ3v) is 5.11. The zero-order valence-electron chi connectivity index (χ0n) is 11.6. The third-order valence-electron chi connectivity index (χ3n) is 3.81. The minimum Gasteiger partial charge on any atom is -0.266 e. The molecule has 0 saturated heterocycles. The lowest BCUT2D eigenvalue weighted by atomic mass is 9.83. The van der Waals surface area contributed by atoms with Gasteiger partial charge in [-0.3, -0.25) is 4.18 Å². The summed E-state index contributed by atoms with van der Waals surface area (Å²) in [6.45, 7) is 4.47. The van der Waals surface area contributed by atoms with Gasteiger partial charge < -0.3 is 0 Å². The van der Waals surface area contributed by atoms with Crippen LogP contribution in [0.15, 0.2) is 29.2 Å². The van der Waals surface area contributed by atoms with Crippen molar-refractivity contribution in [1.82, 2.24) is 0 Å². The second kappa shape index (κ2) is 6.06. The molecule has 0 aromatic heterocycles. The molecule has 106 valence electrons. The molecule has 0 amide bonds. The molecule has 1 aromatic carbocycles. The fourth-order valence-electron chi connectivity index (χ4n) is 2.67. The quantitative estimate of drug-likeness (QED) is 0.793. The maximum Gasteiger partial charge on any atom is 0.296 e. The molecule has 1 aromatic rings. The third kappa shape index (κ3) is 4.05. The molecule has 0 unspecified atom stereocenters.